The molecule has 0 saturated carbocycles. The summed E-state index contributed by atoms with van der Waals surface area (Å²) in [5.74, 6) is -1.22. The fourth-order valence-electron chi connectivity index (χ4n) is 3.45. The second-order valence-corrected chi connectivity index (χ2v) is 10.3. The van der Waals surface area contributed by atoms with Gasteiger partial charge in [0.1, 0.15) is 0 Å². The monoisotopic (exact) mass is 498 g/mol. The Hall–Kier alpha value is -2.13. The predicted octanol–water partition coefficient (Wildman–Crippen LogP) is 4.20. The predicted molar refractivity (Wildman–Crippen MR) is 122 cm³/mol. The van der Waals surface area contributed by atoms with Crippen LogP contribution in [0.2, 0.25) is 10.0 Å². The number of halogens is 2. The summed E-state index contributed by atoms with van der Waals surface area (Å²) >= 11 is 12.0. The Balaban J connectivity index is 1.55. The Labute approximate surface area is 197 Å². The van der Waals surface area contributed by atoms with Crippen molar-refractivity contribution in [1.29, 1.82) is 0 Å². The number of carbonyl (C=O) groups is 2. The minimum absolute atomic E-state index is 0.127. The highest BCUT2D eigenvalue weighted by molar-refractivity contribution is 7.89. The van der Waals surface area contributed by atoms with E-state index in [-0.39, 0.29) is 10.5 Å². The summed E-state index contributed by atoms with van der Waals surface area (Å²) in [7, 11) is -3.58. The second-order valence-electron chi connectivity index (χ2n) is 7.52. The van der Waals surface area contributed by atoms with E-state index in [2.05, 4.69) is 5.32 Å². The second kappa shape index (κ2) is 10.7. The van der Waals surface area contributed by atoms with Crippen LogP contribution in [0, 0.1) is 0 Å². The molecule has 1 fully saturated rings. The van der Waals surface area contributed by atoms with E-state index in [0.717, 1.165) is 19.3 Å². The summed E-state index contributed by atoms with van der Waals surface area (Å²) in [6.07, 6.45) is 2.71. The molecule has 1 aliphatic heterocycles. The lowest BCUT2D eigenvalue weighted by Gasteiger charge is -2.25. The number of sulfonamides is 1. The van der Waals surface area contributed by atoms with Crippen molar-refractivity contribution in [3.63, 3.8) is 0 Å². The summed E-state index contributed by atoms with van der Waals surface area (Å²) in [5, 5.41) is 3.61. The van der Waals surface area contributed by atoms with E-state index in [1.54, 1.807) is 25.1 Å². The molecular formula is C22H24Cl2N2O5S. The maximum absolute atomic E-state index is 12.7. The Morgan fingerprint density at radius 3 is 2.34 bits per heavy atom. The lowest BCUT2D eigenvalue weighted by Crippen LogP contribution is -2.35. The number of nitrogens with zero attached hydrogens (tertiary/aromatic N) is 1. The molecule has 0 aromatic heterocycles. The normalized spacial score (nSPS) is 15.7. The molecule has 0 aliphatic carbocycles. The van der Waals surface area contributed by atoms with Gasteiger partial charge in [0.15, 0.2) is 6.61 Å². The molecule has 172 valence electrons. The van der Waals surface area contributed by atoms with Gasteiger partial charge in [0.05, 0.1) is 16.5 Å². The molecule has 1 aliphatic rings. The van der Waals surface area contributed by atoms with Gasteiger partial charge in [0.25, 0.3) is 5.91 Å². The Morgan fingerprint density at radius 1 is 1.06 bits per heavy atom. The van der Waals surface area contributed by atoms with Gasteiger partial charge in [-0.05, 0) is 61.7 Å². The van der Waals surface area contributed by atoms with Gasteiger partial charge in [-0.15, -0.1) is 0 Å². The van der Waals surface area contributed by atoms with Crippen LogP contribution in [0.4, 0.5) is 0 Å². The van der Waals surface area contributed by atoms with E-state index >= 15 is 0 Å². The third-order valence-corrected chi connectivity index (χ3v) is 7.66. The fourth-order valence-corrected chi connectivity index (χ4v) is 5.53. The van der Waals surface area contributed by atoms with Crippen LogP contribution in [0.3, 0.4) is 0 Å². The van der Waals surface area contributed by atoms with Gasteiger partial charge in [0, 0.05) is 23.1 Å². The zero-order valence-electron chi connectivity index (χ0n) is 17.5. The van der Waals surface area contributed by atoms with E-state index in [1.807, 2.05) is 0 Å². The van der Waals surface area contributed by atoms with Crippen LogP contribution in [-0.2, 0) is 19.6 Å². The molecule has 32 heavy (non-hydrogen) atoms. The number of piperidine rings is 1. The molecule has 1 heterocycles. The number of esters is 1. The number of carbonyl (C=O) groups excluding carboxylic acids is 2. The van der Waals surface area contributed by atoms with Gasteiger partial charge < -0.3 is 10.1 Å². The lowest BCUT2D eigenvalue weighted by molar-refractivity contribution is -0.124. The van der Waals surface area contributed by atoms with Crippen molar-refractivity contribution < 1.29 is 22.7 Å². The Morgan fingerprint density at radius 2 is 1.72 bits per heavy atom. The van der Waals surface area contributed by atoms with Gasteiger partial charge in [-0.3, -0.25) is 4.79 Å². The number of rotatable bonds is 7. The smallest absolute Gasteiger partial charge is 0.338 e. The zero-order valence-corrected chi connectivity index (χ0v) is 19.8. The first-order valence-electron chi connectivity index (χ1n) is 10.2. The number of amides is 1. The van der Waals surface area contributed by atoms with Crippen LogP contribution in [-0.4, -0.2) is 44.3 Å². The van der Waals surface area contributed by atoms with Gasteiger partial charge in [-0.25, -0.2) is 13.2 Å². The summed E-state index contributed by atoms with van der Waals surface area (Å²) < 4.78 is 31.9. The minimum atomic E-state index is -3.58. The maximum atomic E-state index is 12.7. The van der Waals surface area contributed by atoms with Crippen molar-refractivity contribution in [2.75, 3.05) is 19.7 Å². The average Bonchev–Trinajstić information content (AvgIpc) is 2.78. The highest BCUT2D eigenvalue weighted by Gasteiger charge is 2.26. The maximum Gasteiger partial charge on any atom is 0.338 e. The first-order chi connectivity index (χ1) is 15.2. The van der Waals surface area contributed by atoms with E-state index < -0.39 is 34.5 Å². The van der Waals surface area contributed by atoms with Gasteiger partial charge in [-0.1, -0.05) is 35.7 Å². The van der Waals surface area contributed by atoms with Crippen LogP contribution in [0.15, 0.2) is 47.4 Å². The van der Waals surface area contributed by atoms with Crippen LogP contribution < -0.4 is 5.32 Å². The largest absolute Gasteiger partial charge is 0.452 e. The molecule has 0 unspecified atom stereocenters. The molecular weight excluding hydrogens is 475 g/mol. The van der Waals surface area contributed by atoms with E-state index in [4.69, 9.17) is 27.9 Å². The molecule has 2 aromatic carbocycles. The zero-order chi connectivity index (χ0) is 23.3. The van der Waals surface area contributed by atoms with Gasteiger partial charge in [-0.2, -0.15) is 4.31 Å². The average molecular weight is 499 g/mol. The lowest BCUT2D eigenvalue weighted by atomic mass is 10.1. The van der Waals surface area contributed by atoms with Crippen molar-refractivity contribution in [2.45, 2.75) is 37.1 Å². The third-order valence-electron chi connectivity index (χ3n) is 5.18. The van der Waals surface area contributed by atoms with Crippen LogP contribution in [0.25, 0.3) is 0 Å². The number of nitrogens with one attached hydrogen (secondary N) is 1. The Kier molecular flexibility index (Phi) is 8.16. The van der Waals surface area contributed by atoms with Crippen LogP contribution >= 0.6 is 23.2 Å². The standard InChI is InChI=1S/C22H24Cl2N2O5S/c1-15(19-10-7-17(23)13-20(19)24)25-21(27)14-31-22(28)16-5-8-18(9-6-16)32(29,30)26-11-3-2-4-12-26/h5-10,13,15H,2-4,11-12,14H2,1H3,(H,25,27)/t15-/m1/s1. The molecule has 7 nitrogen and oxygen atoms in total. The first kappa shape index (κ1) is 24.5. The number of ether oxygens (including phenoxy) is 1. The number of hydrogen-bond acceptors (Lipinski definition) is 5. The number of benzene rings is 2. The summed E-state index contributed by atoms with van der Waals surface area (Å²) in [6, 6.07) is 10.1. The highest BCUT2D eigenvalue weighted by atomic mass is 35.5. The minimum Gasteiger partial charge on any atom is -0.452 e. The first-order valence-corrected chi connectivity index (χ1v) is 12.4. The van der Waals surface area contributed by atoms with Crippen LogP contribution in [0.1, 0.15) is 48.1 Å². The quantitative estimate of drug-likeness (QED) is 0.577. The molecule has 1 atom stereocenters. The molecule has 1 amide bonds. The van der Waals surface area contributed by atoms with Crippen molar-refractivity contribution in [3.8, 4) is 0 Å². The molecule has 0 bridgehead atoms. The third kappa shape index (κ3) is 6.01. The number of hydrogen-bond donors (Lipinski definition) is 1. The summed E-state index contributed by atoms with van der Waals surface area (Å²) in [6.45, 7) is 2.26. The van der Waals surface area contributed by atoms with E-state index in [1.165, 1.54) is 28.6 Å². The summed E-state index contributed by atoms with van der Waals surface area (Å²) in [5.41, 5.74) is 0.838. The van der Waals surface area contributed by atoms with Crippen molar-refractivity contribution in [1.82, 2.24) is 9.62 Å². The van der Waals surface area contributed by atoms with Crippen molar-refractivity contribution in [2.24, 2.45) is 0 Å². The molecule has 10 heteroatoms. The Bertz CT molecular complexity index is 1080. The molecule has 1 saturated heterocycles. The highest BCUT2D eigenvalue weighted by Crippen LogP contribution is 2.26. The van der Waals surface area contributed by atoms with E-state index in [9.17, 15) is 18.0 Å². The molecule has 0 spiro atoms. The fraction of sp³-hybridized carbons (Fsp3) is 0.364. The SMILES string of the molecule is C[C@@H](NC(=O)COC(=O)c1ccc(S(=O)(=O)N2CCCCC2)cc1)c1ccc(Cl)cc1Cl. The topological polar surface area (TPSA) is 92.8 Å². The van der Waals surface area contributed by atoms with Crippen molar-refractivity contribution in [3.05, 3.63) is 63.6 Å². The van der Waals surface area contributed by atoms with Gasteiger partial charge in [0.2, 0.25) is 10.0 Å². The molecule has 3 rings (SSSR count). The van der Waals surface area contributed by atoms with Crippen LogP contribution in [0.5, 0.6) is 0 Å². The van der Waals surface area contributed by atoms with Crippen molar-refractivity contribution >= 4 is 45.1 Å². The molecule has 2 aromatic rings. The molecule has 1 N–H and O–H groups in total. The molecule has 0 radical (unpaired) electrons. The summed E-state index contributed by atoms with van der Waals surface area (Å²) in [4.78, 5) is 24.5. The van der Waals surface area contributed by atoms with E-state index in [0.29, 0.717) is 28.7 Å². The van der Waals surface area contributed by atoms with Gasteiger partial charge >= 0.3 is 5.97 Å².